The third-order valence-corrected chi connectivity index (χ3v) is 3.82. The first-order chi connectivity index (χ1) is 9.25. The quantitative estimate of drug-likeness (QED) is 0.845. The zero-order valence-electron chi connectivity index (χ0n) is 11.1. The van der Waals surface area contributed by atoms with Gasteiger partial charge in [-0.15, -0.1) is 0 Å². The summed E-state index contributed by atoms with van der Waals surface area (Å²) in [5, 5.41) is 0. The van der Waals surface area contributed by atoms with Crippen LogP contribution in [0.4, 0.5) is 11.6 Å². The van der Waals surface area contributed by atoms with Crippen molar-refractivity contribution in [3.63, 3.8) is 0 Å². The lowest BCUT2D eigenvalue weighted by Gasteiger charge is -2.23. The fourth-order valence-electron chi connectivity index (χ4n) is 2.65. The molecule has 1 aromatic carbocycles. The Morgan fingerprint density at radius 1 is 1.05 bits per heavy atom. The molecule has 2 aromatic rings. The molecule has 2 heterocycles. The number of anilines is 2. The Hall–Kier alpha value is -2.10. The average molecular weight is 254 g/mol. The van der Waals surface area contributed by atoms with Crippen molar-refractivity contribution in [3.8, 4) is 0 Å². The van der Waals surface area contributed by atoms with Gasteiger partial charge in [-0.05, 0) is 30.9 Å². The van der Waals surface area contributed by atoms with Crippen LogP contribution in [-0.4, -0.2) is 23.1 Å². The number of rotatable bonds is 1. The largest absolute Gasteiger partial charge is 0.383 e. The molecule has 0 unspecified atom stereocenters. The van der Waals surface area contributed by atoms with Gasteiger partial charge in [-0.2, -0.15) is 0 Å². The topological polar surface area (TPSA) is 55.0 Å². The van der Waals surface area contributed by atoms with E-state index in [0.717, 1.165) is 37.3 Å². The van der Waals surface area contributed by atoms with E-state index >= 15 is 0 Å². The van der Waals surface area contributed by atoms with E-state index in [4.69, 9.17) is 5.73 Å². The van der Waals surface area contributed by atoms with Gasteiger partial charge in [0.25, 0.3) is 0 Å². The zero-order chi connectivity index (χ0) is 13.2. The summed E-state index contributed by atoms with van der Waals surface area (Å²) in [6.07, 6.45) is 3.66. The zero-order valence-corrected chi connectivity index (χ0v) is 11.1. The molecule has 0 saturated heterocycles. The first-order valence-corrected chi connectivity index (χ1v) is 6.64. The van der Waals surface area contributed by atoms with Gasteiger partial charge >= 0.3 is 0 Å². The van der Waals surface area contributed by atoms with Crippen molar-refractivity contribution in [1.29, 1.82) is 0 Å². The minimum Gasteiger partial charge on any atom is -0.383 e. The molecule has 1 aliphatic rings. The summed E-state index contributed by atoms with van der Waals surface area (Å²) in [5.41, 5.74) is 9.75. The van der Waals surface area contributed by atoms with E-state index in [1.54, 1.807) is 6.33 Å². The molecular weight excluding hydrogens is 236 g/mol. The summed E-state index contributed by atoms with van der Waals surface area (Å²) in [5.74, 6) is 1.55. The second-order valence-electron chi connectivity index (χ2n) is 4.96. The first kappa shape index (κ1) is 12.0. The monoisotopic (exact) mass is 254 g/mol. The Morgan fingerprint density at radius 3 is 2.32 bits per heavy atom. The number of nitrogens with two attached hydrogens (primary N) is 1. The Bertz CT molecular complexity index is 567. The molecule has 0 atom stereocenters. The molecule has 1 aliphatic heterocycles. The van der Waals surface area contributed by atoms with Crippen LogP contribution >= 0.6 is 0 Å². The van der Waals surface area contributed by atoms with Crippen LogP contribution in [0.5, 0.6) is 0 Å². The number of hydrogen-bond donors (Lipinski definition) is 1. The molecule has 1 aromatic heterocycles. The lowest BCUT2D eigenvalue weighted by molar-refractivity contribution is 0.784. The van der Waals surface area contributed by atoms with E-state index in [0.29, 0.717) is 5.82 Å². The Balaban J connectivity index is 1.88. The maximum Gasteiger partial charge on any atom is 0.137 e. The summed E-state index contributed by atoms with van der Waals surface area (Å²) >= 11 is 0. The van der Waals surface area contributed by atoms with Gasteiger partial charge in [-0.25, -0.2) is 9.97 Å². The van der Waals surface area contributed by atoms with Crippen molar-refractivity contribution in [2.75, 3.05) is 23.7 Å². The van der Waals surface area contributed by atoms with Gasteiger partial charge in [0.15, 0.2) is 0 Å². The normalized spacial score (nSPS) is 14.9. The van der Waals surface area contributed by atoms with Crippen molar-refractivity contribution in [2.45, 2.75) is 19.8 Å². The maximum atomic E-state index is 5.87. The third-order valence-electron chi connectivity index (χ3n) is 3.82. The van der Waals surface area contributed by atoms with Crippen LogP contribution < -0.4 is 10.6 Å². The van der Waals surface area contributed by atoms with E-state index in [9.17, 15) is 0 Å². The van der Waals surface area contributed by atoms with Crippen molar-refractivity contribution in [2.24, 2.45) is 0 Å². The van der Waals surface area contributed by atoms with E-state index in [2.05, 4.69) is 39.1 Å². The molecule has 0 bridgehead atoms. The highest BCUT2D eigenvalue weighted by molar-refractivity contribution is 5.56. The van der Waals surface area contributed by atoms with E-state index < -0.39 is 0 Å². The molecule has 0 saturated carbocycles. The fourth-order valence-corrected chi connectivity index (χ4v) is 2.65. The minimum atomic E-state index is 0.576. The maximum absolute atomic E-state index is 5.87. The van der Waals surface area contributed by atoms with Crippen LogP contribution in [0, 0.1) is 6.92 Å². The Labute approximate surface area is 113 Å². The lowest BCUT2D eigenvalue weighted by atomic mass is 10.0. The molecule has 0 radical (unpaired) electrons. The standard InChI is InChI=1S/C15H18N4/c1-11-14(16)17-10-18-15(11)19-8-6-12-4-2-3-5-13(12)7-9-19/h2-5,10H,6-9H2,1H3,(H2,16,17,18). The number of nitrogens with zero attached hydrogens (tertiary/aromatic N) is 3. The van der Waals surface area contributed by atoms with Gasteiger partial charge in [0.1, 0.15) is 18.0 Å². The van der Waals surface area contributed by atoms with Crippen molar-refractivity contribution in [1.82, 2.24) is 9.97 Å². The predicted octanol–water partition coefficient (Wildman–Crippen LogP) is 1.97. The number of aromatic nitrogens is 2. The van der Waals surface area contributed by atoms with E-state index in [1.165, 1.54) is 11.1 Å². The molecule has 4 heteroatoms. The highest BCUT2D eigenvalue weighted by Crippen LogP contribution is 2.23. The number of hydrogen-bond acceptors (Lipinski definition) is 4. The Kier molecular flexibility index (Phi) is 3.07. The molecule has 4 nitrogen and oxygen atoms in total. The molecule has 98 valence electrons. The molecule has 0 spiro atoms. The minimum absolute atomic E-state index is 0.576. The third kappa shape index (κ3) is 2.26. The number of fused-ring (bicyclic) bond motifs is 1. The van der Waals surface area contributed by atoms with Gasteiger partial charge < -0.3 is 10.6 Å². The summed E-state index contributed by atoms with van der Waals surface area (Å²) in [6, 6.07) is 8.67. The van der Waals surface area contributed by atoms with Gasteiger partial charge in [0, 0.05) is 18.7 Å². The van der Waals surface area contributed by atoms with Crippen LogP contribution in [0.3, 0.4) is 0 Å². The highest BCUT2D eigenvalue weighted by Gasteiger charge is 2.17. The smallest absolute Gasteiger partial charge is 0.137 e. The van der Waals surface area contributed by atoms with Crippen LogP contribution in [-0.2, 0) is 12.8 Å². The van der Waals surface area contributed by atoms with Crippen molar-refractivity contribution >= 4 is 11.6 Å². The molecule has 0 amide bonds. The fraction of sp³-hybridized carbons (Fsp3) is 0.333. The van der Waals surface area contributed by atoms with Crippen LogP contribution in [0.25, 0.3) is 0 Å². The summed E-state index contributed by atoms with van der Waals surface area (Å²) < 4.78 is 0. The van der Waals surface area contributed by atoms with Crippen molar-refractivity contribution < 1.29 is 0 Å². The molecule has 0 aliphatic carbocycles. The van der Waals surface area contributed by atoms with Crippen LogP contribution in [0.1, 0.15) is 16.7 Å². The van der Waals surface area contributed by atoms with Crippen molar-refractivity contribution in [3.05, 3.63) is 47.3 Å². The molecule has 19 heavy (non-hydrogen) atoms. The number of benzene rings is 1. The van der Waals surface area contributed by atoms with Gasteiger partial charge in [-0.1, -0.05) is 24.3 Å². The van der Waals surface area contributed by atoms with Gasteiger partial charge in [0.2, 0.25) is 0 Å². The second-order valence-corrected chi connectivity index (χ2v) is 4.96. The van der Waals surface area contributed by atoms with Crippen LogP contribution in [0.2, 0.25) is 0 Å². The molecule has 2 N–H and O–H groups in total. The van der Waals surface area contributed by atoms with Gasteiger partial charge in [-0.3, -0.25) is 0 Å². The Morgan fingerprint density at radius 2 is 1.68 bits per heavy atom. The predicted molar refractivity (Wildman–Crippen MR) is 77.2 cm³/mol. The van der Waals surface area contributed by atoms with E-state index in [-0.39, 0.29) is 0 Å². The lowest BCUT2D eigenvalue weighted by Crippen LogP contribution is -2.28. The van der Waals surface area contributed by atoms with E-state index in [1.807, 2.05) is 6.92 Å². The summed E-state index contributed by atoms with van der Waals surface area (Å²) in [4.78, 5) is 10.8. The van der Waals surface area contributed by atoms with Crippen LogP contribution in [0.15, 0.2) is 30.6 Å². The highest BCUT2D eigenvalue weighted by atomic mass is 15.2. The SMILES string of the molecule is Cc1c(N)ncnc1N1CCc2ccccc2CC1. The number of nitrogen functional groups attached to an aromatic ring is 1. The first-order valence-electron chi connectivity index (χ1n) is 6.64. The molecule has 3 rings (SSSR count). The summed E-state index contributed by atoms with van der Waals surface area (Å²) in [6.45, 7) is 3.95. The molecular formula is C15H18N4. The average Bonchev–Trinajstić information content (AvgIpc) is 2.65. The second kappa shape index (κ2) is 4.88. The van der Waals surface area contributed by atoms with Gasteiger partial charge in [0.05, 0.1) is 0 Å². The molecule has 0 fully saturated rings. The summed E-state index contributed by atoms with van der Waals surface area (Å²) in [7, 11) is 0.